The highest BCUT2D eigenvalue weighted by atomic mass is 35.5. The number of hydrogen-bond donors (Lipinski definition) is 1. The third-order valence-corrected chi connectivity index (χ3v) is 4.12. The quantitative estimate of drug-likeness (QED) is 0.729. The van der Waals surface area contributed by atoms with E-state index in [9.17, 15) is 9.59 Å². The minimum atomic E-state index is -0.387. The second-order valence-corrected chi connectivity index (χ2v) is 5.83. The summed E-state index contributed by atoms with van der Waals surface area (Å²) < 4.78 is 0. The lowest BCUT2D eigenvalue weighted by atomic mass is 10.2. The van der Waals surface area contributed by atoms with Crippen molar-refractivity contribution < 1.29 is 9.59 Å². The maximum atomic E-state index is 12.1. The molecule has 1 N–H and O–H groups in total. The molecule has 0 aliphatic carbocycles. The van der Waals surface area contributed by atoms with Gasteiger partial charge in [0, 0.05) is 27.7 Å². The molecule has 23 heavy (non-hydrogen) atoms. The van der Waals surface area contributed by atoms with Crippen LogP contribution in [0.15, 0.2) is 48.0 Å². The first-order valence-corrected chi connectivity index (χ1v) is 7.86. The molecule has 0 atom stereocenters. The smallest absolute Gasteiger partial charge is 0.276 e. The number of aromatic nitrogens is 2. The largest absolute Gasteiger partial charge is 0.298 e. The maximum Gasteiger partial charge on any atom is 0.276 e. The number of aldehydes is 1. The summed E-state index contributed by atoms with van der Waals surface area (Å²) in [6.07, 6.45) is 2.02. The van der Waals surface area contributed by atoms with E-state index in [2.05, 4.69) is 15.3 Å². The number of carbonyl (C=O) groups excluding carboxylic acids is 2. The number of thiazole rings is 1. The van der Waals surface area contributed by atoms with Gasteiger partial charge in [0.25, 0.3) is 5.91 Å². The Morgan fingerprint density at radius 3 is 2.74 bits per heavy atom. The summed E-state index contributed by atoms with van der Waals surface area (Å²) in [7, 11) is 0. The molecule has 0 fully saturated rings. The van der Waals surface area contributed by atoms with Gasteiger partial charge in [-0.05, 0) is 18.2 Å². The van der Waals surface area contributed by atoms with E-state index >= 15 is 0 Å². The minimum absolute atomic E-state index is 0.213. The van der Waals surface area contributed by atoms with Crippen LogP contribution in [0.1, 0.15) is 20.8 Å². The maximum absolute atomic E-state index is 12.1. The van der Waals surface area contributed by atoms with Crippen molar-refractivity contribution in [3.05, 3.63) is 64.3 Å². The highest BCUT2D eigenvalue weighted by molar-refractivity contribution is 7.14. The van der Waals surface area contributed by atoms with Crippen molar-refractivity contribution in [2.24, 2.45) is 0 Å². The predicted molar refractivity (Wildman–Crippen MR) is 90.1 cm³/mol. The first-order chi connectivity index (χ1) is 11.2. The van der Waals surface area contributed by atoms with Crippen molar-refractivity contribution in [1.29, 1.82) is 0 Å². The highest BCUT2D eigenvalue weighted by Gasteiger charge is 2.12. The zero-order valence-corrected chi connectivity index (χ0v) is 13.3. The number of rotatable bonds is 4. The average molecular weight is 344 g/mol. The second kappa shape index (κ2) is 6.68. The van der Waals surface area contributed by atoms with E-state index in [0.717, 1.165) is 5.56 Å². The molecule has 2 heterocycles. The van der Waals surface area contributed by atoms with Gasteiger partial charge in [0.15, 0.2) is 11.4 Å². The van der Waals surface area contributed by atoms with Gasteiger partial charge in [-0.2, -0.15) is 0 Å². The van der Waals surface area contributed by atoms with Crippen LogP contribution in [0.2, 0.25) is 5.02 Å². The molecule has 3 aromatic rings. The van der Waals surface area contributed by atoms with E-state index in [4.69, 9.17) is 11.6 Å². The molecule has 114 valence electrons. The normalized spacial score (nSPS) is 10.3. The van der Waals surface area contributed by atoms with E-state index < -0.39 is 0 Å². The van der Waals surface area contributed by atoms with Gasteiger partial charge < -0.3 is 0 Å². The molecule has 0 unspecified atom stereocenters. The minimum Gasteiger partial charge on any atom is -0.298 e. The predicted octanol–water partition coefficient (Wildman–Crippen LogP) is 3.92. The lowest BCUT2D eigenvalue weighted by molar-refractivity contribution is 0.102. The number of nitrogens with zero attached hydrogens (tertiary/aromatic N) is 2. The van der Waals surface area contributed by atoms with E-state index in [1.54, 1.807) is 6.07 Å². The topological polar surface area (TPSA) is 72.0 Å². The zero-order chi connectivity index (χ0) is 16.2. The number of amides is 1. The summed E-state index contributed by atoms with van der Waals surface area (Å²) in [6.45, 7) is 0. The Morgan fingerprint density at radius 1 is 1.22 bits per heavy atom. The Labute approximate surface area is 141 Å². The van der Waals surface area contributed by atoms with Crippen LogP contribution in [0, 0.1) is 0 Å². The molecule has 1 aromatic carbocycles. The number of halogens is 1. The molecule has 0 aliphatic rings. The van der Waals surface area contributed by atoms with Crippen molar-refractivity contribution in [1.82, 2.24) is 9.97 Å². The van der Waals surface area contributed by atoms with Crippen LogP contribution < -0.4 is 5.32 Å². The van der Waals surface area contributed by atoms with Crippen molar-refractivity contribution in [2.75, 3.05) is 5.32 Å². The van der Waals surface area contributed by atoms with Gasteiger partial charge in [-0.1, -0.05) is 29.8 Å². The SMILES string of the molecule is O=Cc1ccc(C(=O)Nc2nc(-c3ccccc3Cl)cs2)nc1. The molecule has 3 rings (SSSR count). The molecule has 1 amide bonds. The Bertz CT molecular complexity index is 862. The summed E-state index contributed by atoms with van der Waals surface area (Å²) in [5.74, 6) is -0.387. The lowest BCUT2D eigenvalue weighted by Crippen LogP contribution is -2.13. The van der Waals surface area contributed by atoms with Gasteiger partial charge in [-0.15, -0.1) is 11.3 Å². The van der Waals surface area contributed by atoms with Crippen molar-refractivity contribution >= 4 is 40.3 Å². The first kappa shape index (κ1) is 15.3. The fourth-order valence-corrected chi connectivity index (χ4v) is 2.83. The number of hydrogen-bond acceptors (Lipinski definition) is 5. The molecule has 0 saturated heterocycles. The summed E-state index contributed by atoms with van der Waals surface area (Å²) in [5, 5.41) is 5.55. The second-order valence-electron chi connectivity index (χ2n) is 4.57. The van der Waals surface area contributed by atoms with Gasteiger partial charge in [0.1, 0.15) is 5.69 Å². The molecule has 2 aromatic heterocycles. The van der Waals surface area contributed by atoms with Crippen molar-refractivity contribution in [2.45, 2.75) is 0 Å². The Hall–Kier alpha value is -2.57. The van der Waals surface area contributed by atoms with Gasteiger partial charge >= 0.3 is 0 Å². The molecule has 0 bridgehead atoms. The van der Waals surface area contributed by atoms with Crippen LogP contribution in [-0.2, 0) is 0 Å². The molecule has 0 radical (unpaired) electrons. The molecule has 0 saturated carbocycles. The fraction of sp³-hybridized carbons (Fsp3) is 0. The Morgan fingerprint density at radius 2 is 2.04 bits per heavy atom. The van der Waals surface area contributed by atoms with Crippen LogP contribution in [0.3, 0.4) is 0 Å². The van der Waals surface area contributed by atoms with Crippen LogP contribution in [0.25, 0.3) is 11.3 Å². The molecule has 0 aliphatic heterocycles. The Kier molecular flexibility index (Phi) is 4.45. The summed E-state index contributed by atoms with van der Waals surface area (Å²) in [6, 6.07) is 10.4. The fourth-order valence-electron chi connectivity index (χ4n) is 1.89. The van der Waals surface area contributed by atoms with E-state index in [1.807, 2.05) is 23.6 Å². The first-order valence-electron chi connectivity index (χ1n) is 6.60. The third kappa shape index (κ3) is 3.44. The van der Waals surface area contributed by atoms with Gasteiger partial charge in [-0.3, -0.25) is 19.9 Å². The zero-order valence-electron chi connectivity index (χ0n) is 11.7. The average Bonchev–Trinajstić information content (AvgIpc) is 3.03. The van der Waals surface area contributed by atoms with Crippen LogP contribution in [0.4, 0.5) is 5.13 Å². The number of benzene rings is 1. The summed E-state index contributed by atoms with van der Waals surface area (Å²) in [5.41, 5.74) is 2.13. The number of pyridine rings is 1. The van der Waals surface area contributed by atoms with E-state index in [0.29, 0.717) is 27.7 Å². The molecule has 7 heteroatoms. The van der Waals surface area contributed by atoms with Gasteiger partial charge in [0.2, 0.25) is 0 Å². The number of anilines is 1. The van der Waals surface area contributed by atoms with Crippen molar-refractivity contribution in [3.63, 3.8) is 0 Å². The van der Waals surface area contributed by atoms with E-state index in [-0.39, 0.29) is 11.6 Å². The number of carbonyl (C=O) groups is 2. The molecular weight excluding hydrogens is 334 g/mol. The third-order valence-electron chi connectivity index (χ3n) is 3.03. The number of nitrogens with one attached hydrogen (secondary N) is 1. The molecule has 0 spiro atoms. The van der Waals surface area contributed by atoms with Crippen molar-refractivity contribution in [3.8, 4) is 11.3 Å². The van der Waals surface area contributed by atoms with Gasteiger partial charge in [-0.25, -0.2) is 4.98 Å². The standard InChI is InChI=1S/C16H10ClN3O2S/c17-12-4-2-1-3-11(12)14-9-23-16(19-14)20-15(22)13-6-5-10(8-21)7-18-13/h1-9H,(H,19,20,22). The van der Waals surface area contributed by atoms with E-state index in [1.165, 1.54) is 29.7 Å². The highest BCUT2D eigenvalue weighted by Crippen LogP contribution is 2.30. The van der Waals surface area contributed by atoms with Crippen LogP contribution in [-0.4, -0.2) is 22.2 Å². The monoisotopic (exact) mass is 343 g/mol. The molecule has 5 nitrogen and oxygen atoms in total. The van der Waals surface area contributed by atoms with Gasteiger partial charge in [0.05, 0.1) is 5.69 Å². The molecular formula is C16H10ClN3O2S. The lowest BCUT2D eigenvalue weighted by Gasteiger charge is -2.01. The van der Waals surface area contributed by atoms with Crippen LogP contribution >= 0.6 is 22.9 Å². The summed E-state index contributed by atoms with van der Waals surface area (Å²) in [4.78, 5) is 31.0. The summed E-state index contributed by atoms with van der Waals surface area (Å²) >= 11 is 7.44. The Balaban J connectivity index is 1.77. The van der Waals surface area contributed by atoms with Crippen LogP contribution in [0.5, 0.6) is 0 Å².